The maximum atomic E-state index is 12.1. The van der Waals surface area contributed by atoms with E-state index in [1.54, 1.807) is 6.92 Å². The molecule has 0 atom stereocenters. The Labute approximate surface area is 122 Å². The molecular formula is C14H17N3O4. The van der Waals surface area contributed by atoms with E-state index in [2.05, 4.69) is 10.3 Å². The summed E-state index contributed by atoms with van der Waals surface area (Å²) in [6.45, 7) is 2.24. The number of amides is 2. The first kappa shape index (κ1) is 16.4. The smallest absolute Gasteiger partial charge is 0.328 e. The number of likely N-dealkylation sites (N-methyl/N-ethyl adjacent to an activating group) is 2. The van der Waals surface area contributed by atoms with Crippen LogP contribution in [0.3, 0.4) is 0 Å². The van der Waals surface area contributed by atoms with E-state index in [0.29, 0.717) is 12.1 Å². The molecule has 2 N–H and O–H groups in total. The van der Waals surface area contributed by atoms with Gasteiger partial charge in [-0.25, -0.2) is 4.79 Å². The standard InChI is InChI=1S/C14H17N3O4/c1-3-16-12(18)9-17(2)14(21)11-6-10(7-15-8-11)4-5-13(19)20/h4-8H,3,9H2,1-2H3,(H,16,18)(H,19,20). The van der Waals surface area contributed by atoms with Crippen molar-refractivity contribution in [3.05, 3.63) is 35.7 Å². The lowest BCUT2D eigenvalue weighted by Gasteiger charge is -2.16. The number of nitrogens with one attached hydrogen (secondary N) is 1. The number of aromatic nitrogens is 1. The van der Waals surface area contributed by atoms with E-state index in [1.807, 2.05) is 0 Å². The third kappa shape index (κ3) is 5.43. The third-order valence-corrected chi connectivity index (χ3v) is 2.53. The number of hydrogen-bond acceptors (Lipinski definition) is 4. The second-order valence-electron chi connectivity index (χ2n) is 4.29. The summed E-state index contributed by atoms with van der Waals surface area (Å²) < 4.78 is 0. The van der Waals surface area contributed by atoms with Crippen LogP contribution in [0.2, 0.25) is 0 Å². The molecule has 0 radical (unpaired) electrons. The lowest BCUT2D eigenvalue weighted by atomic mass is 10.1. The fourth-order valence-corrected chi connectivity index (χ4v) is 1.59. The highest BCUT2D eigenvalue weighted by atomic mass is 16.4. The number of aliphatic carboxylic acids is 1. The van der Waals surface area contributed by atoms with Gasteiger partial charge in [0.2, 0.25) is 5.91 Å². The zero-order valence-corrected chi connectivity index (χ0v) is 11.9. The Kier molecular flexibility index (Phi) is 6.06. The molecule has 0 aromatic carbocycles. The number of carboxylic acid groups (broad SMARTS) is 1. The molecule has 112 valence electrons. The largest absolute Gasteiger partial charge is 0.478 e. The molecule has 0 saturated carbocycles. The maximum absolute atomic E-state index is 12.1. The summed E-state index contributed by atoms with van der Waals surface area (Å²) >= 11 is 0. The maximum Gasteiger partial charge on any atom is 0.328 e. The third-order valence-electron chi connectivity index (χ3n) is 2.53. The van der Waals surface area contributed by atoms with Crippen molar-refractivity contribution in [2.75, 3.05) is 20.1 Å². The van der Waals surface area contributed by atoms with Crippen LogP contribution in [0.25, 0.3) is 6.08 Å². The van der Waals surface area contributed by atoms with Gasteiger partial charge >= 0.3 is 5.97 Å². The van der Waals surface area contributed by atoms with E-state index < -0.39 is 5.97 Å². The molecule has 0 aliphatic carbocycles. The van der Waals surface area contributed by atoms with Crippen LogP contribution >= 0.6 is 0 Å². The SMILES string of the molecule is CCNC(=O)CN(C)C(=O)c1cncc(C=CC(=O)O)c1. The average Bonchev–Trinajstić information content (AvgIpc) is 2.44. The molecule has 0 saturated heterocycles. The quantitative estimate of drug-likeness (QED) is 0.738. The van der Waals surface area contributed by atoms with Crippen LogP contribution in [0.15, 0.2) is 24.5 Å². The van der Waals surface area contributed by atoms with Gasteiger partial charge in [-0.15, -0.1) is 0 Å². The Bertz CT molecular complexity index is 569. The first-order valence-corrected chi connectivity index (χ1v) is 6.32. The molecule has 0 aliphatic rings. The Balaban J connectivity index is 2.80. The second-order valence-corrected chi connectivity index (χ2v) is 4.29. The van der Waals surface area contributed by atoms with Crippen molar-refractivity contribution < 1.29 is 19.5 Å². The lowest BCUT2D eigenvalue weighted by Crippen LogP contribution is -2.38. The fourth-order valence-electron chi connectivity index (χ4n) is 1.59. The Morgan fingerprint density at radius 3 is 2.71 bits per heavy atom. The van der Waals surface area contributed by atoms with E-state index in [9.17, 15) is 14.4 Å². The van der Waals surface area contributed by atoms with Crippen LogP contribution in [0.1, 0.15) is 22.8 Å². The number of rotatable bonds is 6. The van der Waals surface area contributed by atoms with Gasteiger partial charge < -0.3 is 15.3 Å². The van der Waals surface area contributed by atoms with Crippen molar-refractivity contribution in [2.24, 2.45) is 0 Å². The number of hydrogen-bond donors (Lipinski definition) is 2. The molecule has 1 rings (SSSR count). The molecule has 1 aromatic heterocycles. The number of carboxylic acids is 1. The van der Waals surface area contributed by atoms with Crippen LogP contribution in [0.5, 0.6) is 0 Å². The molecule has 7 heteroatoms. The molecule has 0 unspecified atom stereocenters. The molecule has 0 bridgehead atoms. The van der Waals surface area contributed by atoms with E-state index >= 15 is 0 Å². The van der Waals surface area contributed by atoms with Crippen molar-refractivity contribution in [1.82, 2.24) is 15.2 Å². The Morgan fingerprint density at radius 1 is 1.38 bits per heavy atom. The van der Waals surface area contributed by atoms with Crippen LogP contribution < -0.4 is 5.32 Å². The minimum Gasteiger partial charge on any atom is -0.478 e. The molecule has 21 heavy (non-hydrogen) atoms. The van der Waals surface area contributed by atoms with Crippen LogP contribution in [0.4, 0.5) is 0 Å². The molecular weight excluding hydrogens is 274 g/mol. The molecule has 0 fully saturated rings. The highest BCUT2D eigenvalue weighted by Crippen LogP contribution is 2.07. The molecule has 1 aromatic rings. The van der Waals surface area contributed by atoms with Gasteiger partial charge in [0, 0.05) is 32.1 Å². The molecule has 2 amide bonds. The topological polar surface area (TPSA) is 99.6 Å². The Hall–Kier alpha value is -2.70. The van der Waals surface area contributed by atoms with E-state index in [0.717, 1.165) is 6.08 Å². The highest BCUT2D eigenvalue weighted by Gasteiger charge is 2.15. The molecule has 0 aliphatic heterocycles. The van der Waals surface area contributed by atoms with Gasteiger partial charge in [-0.2, -0.15) is 0 Å². The lowest BCUT2D eigenvalue weighted by molar-refractivity contribution is -0.131. The summed E-state index contributed by atoms with van der Waals surface area (Å²) in [5.41, 5.74) is 0.781. The predicted molar refractivity (Wildman–Crippen MR) is 76.6 cm³/mol. The van der Waals surface area contributed by atoms with Crippen molar-refractivity contribution in [2.45, 2.75) is 6.92 Å². The van der Waals surface area contributed by atoms with Gasteiger partial charge in [0.05, 0.1) is 12.1 Å². The predicted octanol–water partition coefficient (Wildman–Crippen LogP) is 0.387. The zero-order valence-electron chi connectivity index (χ0n) is 11.9. The molecule has 7 nitrogen and oxygen atoms in total. The average molecular weight is 291 g/mol. The van der Waals surface area contributed by atoms with Gasteiger partial charge in [-0.3, -0.25) is 14.6 Å². The van der Waals surface area contributed by atoms with Gasteiger partial charge in [-0.05, 0) is 24.6 Å². The van der Waals surface area contributed by atoms with E-state index in [-0.39, 0.29) is 23.9 Å². The monoisotopic (exact) mass is 291 g/mol. The summed E-state index contributed by atoms with van der Waals surface area (Å²) in [5.74, 6) is -1.69. The van der Waals surface area contributed by atoms with Crippen molar-refractivity contribution in [1.29, 1.82) is 0 Å². The van der Waals surface area contributed by atoms with E-state index in [1.165, 1.54) is 36.5 Å². The number of carbonyl (C=O) groups is 3. The summed E-state index contributed by atoms with van der Waals surface area (Å²) in [5, 5.41) is 11.2. The number of nitrogens with zero attached hydrogens (tertiary/aromatic N) is 2. The first-order chi connectivity index (χ1) is 9.93. The molecule has 1 heterocycles. The Morgan fingerprint density at radius 2 is 2.10 bits per heavy atom. The summed E-state index contributed by atoms with van der Waals surface area (Å²) in [7, 11) is 1.51. The summed E-state index contributed by atoms with van der Waals surface area (Å²) in [6.07, 6.45) is 5.12. The second kappa shape index (κ2) is 7.78. The van der Waals surface area contributed by atoms with E-state index in [4.69, 9.17) is 5.11 Å². The van der Waals surface area contributed by atoms with Crippen LogP contribution in [-0.4, -0.2) is 52.9 Å². The number of carbonyl (C=O) groups excluding carboxylic acids is 2. The van der Waals surface area contributed by atoms with Crippen LogP contribution in [-0.2, 0) is 9.59 Å². The van der Waals surface area contributed by atoms with Gasteiger partial charge in [0.25, 0.3) is 5.91 Å². The normalized spacial score (nSPS) is 10.4. The summed E-state index contributed by atoms with van der Waals surface area (Å²) in [6, 6.07) is 1.52. The minimum absolute atomic E-state index is 0.0537. The van der Waals surface area contributed by atoms with Crippen LogP contribution in [0, 0.1) is 0 Å². The molecule has 0 spiro atoms. The fraction of sp³-hybridized carbons (Fsp3) is 0.286. The minimum atomic E-state index is -1.08. The van der Waals surface area contributed by atoms with Crippen molar-refractivity contribution >= 4 is 23.9 Å². The summed E-state index contributed by atoms with van der Waals surface area (Å²) in [4.78, 5) is 39.2. The number of pyridine rings is 1. The zero-order chi connectivity index (χ0) is 15.8. The van der Waals surface area contributed by atoms with Gasteiger partial charge in [0.15, 0.2) is 0 Å². The van der Waals surface area contributed by atoms with Gasteiger partial charge in [-0.1, -0.05) is 0 Å². The van der Waals surface area contributed by atoms with Crippen molar-refractivity contribution in [3.63, 3.8) is 0 Å². The highest BCUT2D eigenvalue weighted by molar-refractivity contribution is 5.96. The van der Waals surface area contributed by atoms with Gasteiger partial charge in [0.1, 0.15) is 0 Å². The van der Waals surface area contributed by atoms with Crippen molar-refractivity contribution in [3.8, 4) is 0 Å². The first-order valence-electron chi connectivity index (χ1n) is 6.32.